The first-order chi connectivity index (χ1) is 13.8. The summed E-state index contributed by atoms with van der Waals surface area (Å²) in [7, 11) is -3.48. The highest BCUT2D eigenvalue weighted by molar-refractivity contribution is 7.99. The van der Waals surface area contributed by atoms with Gasteiger partial charge in [0.25, 0.3) is 0 Å². The summed E-state index contributed by atoms with van der Waals surface area (Å²) in [5.74, 6) is 0.919. The molecule has 0 radical (unpaired) electrons. The highest BCUT2D eigenvalue weighted by Gasteiger charge is 2.28. The van der Waals surface area contributed by atoms with Crippen molar-refractivity contribution in [3.63, 3.8) is 0 Å². The van der Waals surface area contributed by atoms with Crippen molar-refractivity contribution >= 4 is 45.0 Å². The molecule has 1 amide bonds. The van der Waals surface area contributed by atoms with Gasteiger partial charge in [-0.3, -0.25) is 4.79 Å². The van der Waals surface area contributed by atoms with Crippen LogP contribution in [0.4, 0.5) is 5.69 Å². The number of nitrogens with zero attached hydrogens (tertiary/aromatic N) is 1. The van der Waals surface area contributed by atoms with Gasteiger partial charge in [0.1, 0.15) is 0 Å². The van der Waals surface area contributed by atoms with Crippen LogP contribution in [0.2, 0.25) is 5.02 Å². The first-order valence-corrected chi connectivity index (χ1v) is 12.4. The standard InChI is InChI=1S/C21H25ClN2O3S2/c1-16-3-2-13-24(15-16)29(26,27)20-10-6-18(7-11-20)23-21(25)12-14-28-19-8-4-17(22)5-9-19/h4-11,16H,2-3,12-15H2,1H3,(H,23,25). The van der Waals surface area contributed by atoms with E-state index >= 15 is 0 Å². The first-order valence-electron chi connectivity index (χ1n) is 9.63. The van der Waals surface area contributed by atoms with Gasteiger partial charge in [-0.25, -0.2) is 8.42 Å². The third kappa shape index (κ3) is 6.22. The van der Waals surface area contributed by atoms with Crippen LogP contribution in [0.5, 0.6) is 0 Å². The van der Waals surface area contributed by atoms with Crippen LogP contribution in [0.1, 0.15) is 26.2 Å². The quantitative estimate of drug-likeness (QED) is 0.608. The highest BCUT2D eigenvalue weighted by atomic mass is 35.5. The van der Waals surface area contributed by atoms with Crippen LogP contribution in [-0.4, -0.2) is 37.5 Å². The molecule has 1 heterocycles. The predicted molar refractivity (Wildman–Crippen MR) is 119 cm³/mol. The van der Waals surface area contributed by atoms with Crippen LogP contribution in [0.3, 0.4) is 0 Å². The molecule has 2 aromatic carbocycles. The second-order valence-corrected chi connectivity index (χ2v) is 10.8. The van der Waals surface area contributed by atoms with Crippen LogP contribution in [0, 0.1) is 5.92 Å². The molecule has 1 N–H and O–H groups in total. The first kappa shape index (κ1) is 22.2. The minimum atomic E-state index is -3.48. The third-order valence-corrected chi connectivity index (χ3v) is 7.95. The molecule has 0 aromatic heterocycles. The van der Waals surface area contributed by atoms with Gasteiger partial charge in [-0.05, 0) is 67.3 Å². The van der Waals surface area contributed by atoms with E-state index in [1.807, 2.05) is 24.3 Å². The van der Waals surface area contributed by atoms with Crippen molar-refractivity contribution in [2.24, 2.45) is 5.92 Å². The van der Waals surface area contributed by atoms with Crippen molar-refractivity contribution in [3.05, 3.63) is 53.6 Å². The van der Waals surface area contributed by atoms with E-state index in [1.54, 1.807) is 40.3 Å². The Labute approximate surface area is 181 Å². The third-order valence-electron chi connectivity index (χ3n) is 4.81. The number of carbonyl (C=O) groups is 1. The number of thioether (sulfide) groups is 1. The van der Waals surface area contributed by atoms with E-state index in [9.17, 15) is 13.2 Å². The summed E-state index contributed by atoms with van der Waals surface area (Å²) >= 11 is 7.45. The lowest BCUT2D eigenvalue weighted by Crippen LogP contribution is -2.39. The Morgan fingerprint density at radius 3 is 2.52 bits per heavy atom. The number of hydrogen-bond donors (Lipinski definition) is 1. The molecule has 1 unspecified atom stereocenters. The molecule has 1 saturated heterocycles. The van der Waals surface area contributed by atoms with Crippen LogP contribution in [0.15, 0.2) is 58.3 Å². The van der Waals surface area contributed by atoms with Gasteiger partial charge in [0.2, 0.25) is 15.9 Å². The van der Waals surface area contributed by atoms with Gasteiger partial charge >= 0.3 is 0 Å². The molecular weight excluding hydrogens is 428 g/mol. The van der Waals surface area contributed by atoms with Crippen molar-refractivity contribution in [1.82, 2.24) is 4.31 Å². The van der Waals surface area contributed by atoms with Gasteiger partial charge in [-0.15, -0.1) is 11.8 Å². The molecule has 2 aromatic rings. The molecule has 8 heteroatoms. The Morgan fingerprint density at radius 2 is 1.86 bits per heavy atom. The lowest BCUT2D eigenvalue weighted by molar-refractivity contribution is -0.115. The van der Waals surface area contributed by atoms with Crippen LogP contribution < -0.4 is 5.32 Å². The summed E-state index contributed by atoms with van der Waals surface area (Å²) in [6, 6.07) is 13.9. The lowest BCUT2D eigenvalue weighted by atomic mass is 10.0. The second kappa shape index (κ2) is 9.98. The number of carbonyl (C=O) groups excluding carboxylic acids is 1. The van der Waals surface area contributed by atoms with Crippen molar-refractivity contribution in [2.45, 2.75) is 36.0 Å². The number of rotatable bonds is 7. The molecule has 0 saturated carbocycles. The predicted octanol–water partition coefficient (Wildman–Crippen LogP) is 4.88. The van der Waals surface area contributed by atoms with Crippen LogP contribution in [-0.2, 0) is 14.8 Å². The normalized spacial score (nSPS) is 17.8. The fourth-order valence-corrected chi connectivity index (χ4v) is 5.82. The molecule has 156 valence electrons. The number of hydrogen-bond acceptors (Lipinski definition) is 4. The minimum Gasteiger partial charge on any atom is -0.326 e. The maximum Gasteiger partial charge on any atom is 0.243 e. The zero-order valence-electron chi connectivity index (χ0n) is 16.3. The summed E-state index contributed by atoms with van der Waals surface area (Å²) in [6.07, 6.45) is 2.31. The maximum atomic E-state index is 12.8. The van der Waals surface area contributed by atoms with Gasteiger partial charge in [0.05, 0.1) is 4.90 Å². The summed E-state index contributed by atoms with van der Waals surface area (Å²) in [5, 5.41) is 3.51. The Hall–Kier alpha value is -1.54. The zero-order chi connectivity index (χ0) is 20.9. The number of piperidine rings is 1. The number of halogens is 1. The zero-order valence-corrected chi connectivity index (χ0v) is 18.7. The number of anilines is 1. The van der Waals surface area contributed by atoms with E-state index in [2.05, 4.69) is 12.2 Å². The summed E-state index contributed by atoms with van der Waals surface area (Å²) in [6.45, 7) is 3.20. The maximum absolute atomic E-state index is 12.8. The SMILES string of the molecule is CC1CCCN(S(=O)(=O)c2ccc(NC(=O)CCSc3ccc(Cl)cc3)cc2)C1. The highest BCUT2D eigenvalue weighted by Crippen LogP contribution is 2.25. The Bertz CT molecular complexity index is 931. The molecular formula is C21H25ClN2O3S2. The van der Waals surface area contributed by atoms with Crippen LogP contribution >= 0.6 is 23.4 Å². The summed E-state index contributed by atoms with van der Waals surface area (Å²) in [4.78, 5) is 13.5. The number of nitrogens with one attached hydrogen (secondary N) is 1. The largest absolute Gasteiger partial charge is 0.326 e. The molecule has 1 atom stereocenters. The minimum absolute atomic E-state index is 0.105. The molecule has 1 aliphatic heterocycles. The molecule has 29 heavy (non-hydrogen) atoms. The van der Waals surface area contributed by atoms with E-state index in [1.165, 1.54) is 0 Å². The molecule has 5 nitrogen and oxygen atoms in total. The van der Waals surface area contributed by atoms with E-state index in [0.717, 1.165) is 17.7 Å². The number of benzene rings is 2. The Kier molecular flexibility index (Phi) is 7.62. The molecule has 0 spiro atoms. The van der Waals surface area contributed by atoms with E-state index in [0.29, 0.717) is 41.9 Å². The lowest BCUT2D eigenvalue weighted by Gasteiger charge is -2.30. The number of amides is 1. The number of sulfonamides is 1. The molecule has 3 rings (SSSR count). The van der Waals surface area contributed by atoms with E-state index in [-0.39, 0.29) is 10.8 Å². The van der Waals surface area contributed by atoms with Crippen molar-refractivity contribution in [3.8, 4) is 0 Å². The van der Waals surface area contributed by atoms with E-state index < -0.39 is 10.0 Å². The van der Waals surface area contributed by atoms with Crippen molar-refractivity contribution < 1.29 is 13.2 Å². The van der Waals surface area contributed by atoms with Gasteiger partial charge in [-0.1, -0.05) is 18.5 Å². The monoisotopic (exact) mass is 452 g/mol. The Morgan fingerprint density at radius 1 is 1.17 bits per heavy atom. The Balaban J connectivity index is 1.51. The topological polar surface area (TPSA) is 66.5 Å². The van der Waals surface area contributed by atoms with Gasteiger partial charge in [0, 0.05) is 40.9 Å². The van der Waals surface area contributed by atoms with Gasteiger partial charge in [0.15, 0.2) is 0 Å². The average Bonchev–Trinajstić information content (AvgIpc) is 2.70. The molecule has 1 fully saturated rings. The molecule has 0 bridgehead atoms. The summed E-state index contributed by atoms with van der Waals surface area (Å²) in [5.41, 5.74) is 0.595. The van der Waals surface area contributed by atoms with Crippen LogP contribution in [0.25, 0.3) is 0 Å². The molecule has 0 aliphatic carbocycles. The average molecular weight is 453 g/mol. The van der Waals surface area contributed by atoms with Gasteiger partial charge in [-0.2, -0.15) is 4.31 Å². The summed E-state index contributed by atoms with van der Waals surface area (Å²) < 4.78 is 27.1. The van der Waals surface area contributed by atoms with Crippen molar-refractivity contribution in [1.29, 1.82) is 0 Å². The second-order valence-electron chi connectivity index (χ2n) is 7.24. The van der Waals surface area contributed by atoms with E-state index in [4.69, 9.17) is 11.6 Å². The van der Waals surface area contributed by atoms with Gasteiger partial charge < -0.3 is 5.32 Å². The fourth-order valence-electron chi connectivity index (χ4n) is 3.24. The fraction of sp³-hybridized carbons (Fsp3) is 0.381. The van der Waals surface area contributed by atoms with Crippen molar-refractivity contribution in [2.75, 3.05) is 24.2 Å². The smallest absolute Gasteiger partial charge is 0.243 e. The molecule has 1 aliphatic rings.